The van der Waals surface area contributed by atoms with Gasteiger partial charge in [0.25, 0.3) is 15.3 Å². The van der Waals surface area contributed by atoms with Crippen molar-refractivity contribution in [3.8, 4) is 0 Å². The molecule has 4 nitrogen and oxygen atoms in total. The number of benzene rings is 2. The lowest BCUT2D eigenvalue weighted by Gasteiger charge is -1.98. The number of aromatic nitrogens is 1. The minimum Gasteiger partial charge on any atom is -0.288 e. The van der Waals surface area contributed by atoms with Crippen LogP contribution in [0.5, 0.6) is 0 Å². The Balaban J connectivity index is 2.27. The van der Waals surface area contributed by atoms with Gasteiger partial charge in [-0.3, -0.25) is 10.0 Å². The number of fused-ring (bicyclic) bond motifs is 2. The van der Waals surface area contributed by atoms with Gasteiger partial charge in [-0.25, -0.2) is 10.5 Å². The SMILES string of the molecule is Cc1ccc2nc3ccc(C(=O)NO)cc3[s+]c2c1. The second-order valence-corrected chi connectivity index (χ2v) is 5.39. The molecule has 0 bridgehead atoms. The maximum Gasteiger partial charge on any atom is 0.274 e. The molecule has 0 unspecified atom stereocenters. The fourth-order valence-electron chi connectivity index (χ4n) is 1.94. The highest BCUT2D eigenvalue weighted by atomic mass is 32.1. The molecule has 1 amide bonds. The molecule has 2 N–H and O–H groups in total. The molecule has 94 valence electrons. The number of nitrogens with one attached hydrogen (secondary N) is 1. The first-order valence-corrected chi connectivity index (χ1v) is 6.58. The van der Waals surface area contributed by atoms with Crippen molar-refractivity contribution in [3.63, 3.8) is 0 Å². The highest BCUT2D eigenvalue weighted by Gasteiger charge is 2.15. The van der Waals surface area contributed by atoms with Crippen LogP contribution in [0.1, 0.15) is 15.9 Å². The number of carbonyl (C=O) groups excluding carboxylic acids is 1. The zero-order valence-corrected chi connectivity index (χ0v) is 11.0. The molecule has 0 aliphatic rings. The summed E-state index contributed by atoms with van der Waals surface area (Å²) in [6.07, 6.45) is 0. The van der Waals surface area contributed by atoms with Gasteiger partial charge in [-0.05, 0) is 30.7 Å². The largest absolute Gasteiger partial charge is 0.288 e. The molecule has 0 radical (unpaired) electrons. The highest BCUT2D eigenvalue weighted by Crippen LogP contribution is 2.27. The Kier molecular flexibility index (Phi) is 2.85. The van der Waals surface area contributed by atoms with E-state index in [4.69, 9.17) is 5.21 Å². The molecule has 0 fully saturated rings. The summed E-state index contributed by atoms with van der Waals surface area (Å²) < 4.78 is 1.99. The number of hydrogen-bond donors (Lipinski definition) is 2. The van der Waals surface area contributed by atoms with E-state index in [0.29, 0.717) is 5.56 Å². The molecule has 2 aromatic carbocycles. The number of rotatable bonds is 1. The van der Waals surface area contributed by atoms with Crippen LogP contribution < -0.4 is 5.48 Å². The number of aryl methyl sites for hydroxylation is 1. The van der Waals surface area contributed by atoms with Gasteiger partial charge < -0.3 is 0 Å². The van der Waals surface area contributed by atoms with Crippen LogP contribution in [0.2, 0.25) is 0 Å². The second-order valence-electron chi connectivity index (χ2n) is 4.31. The third-order valence-electron chi connectivity index (χ3n) is 2.90. The van der Waals surface area contributed by atoms with E-state index >= 15 is 0 Å². The van der Waals surface area contributed by atoms with Gasteiger partial charge in [-0.2, -0.15) is 0 Å². The fourth-order valence-corrected chi connectivity index (χ4v) is 3.04. The summed E-state index contributed by atoms with van der Waals surface area (Å²) in [5.74, 6) is -0.515. The van der Waals surface area contributed by atoms with Gasteiger partial charge in [0.05, 0.1) is 0 Å². The minimum absolute atomic E-state index is 0.417. The molecule has 0 aliphatic carbocycles. The van der Waals surface area contributed by atoms with Crippen molar-refractivity contribution in [2.45, 2.75) is 6.92 Å². The van der Waals surface area contributed by atoms with Gasteiger partial charge >= 0.3 is 0 Å². The van der Waals surface area contributed by atoms with Gasteiger partial charge in [0.2, 0.25) is 11.3 Å². The summed E-state index contributed by atoms with van der Waals surface area (Å²) in [6, 6.07) is 11.3. The Labute approximate surface area is 113 Å². The van der Waals surface area contributed by atoms with E-state index in [9.17, 15) is 4.79 Å². The van der Waals surface area contributed by atoms with Gasteiger partial charge in [0.1, 0.15) is 11.0 Å². The van der Waals surface area contributed by atoms with Crippen molar-refractivity contribution in [1.29, 1.82) is 0 Å². The van der Waals surface area contributed by atoms with Crippen LogP contribution in [0.25, 0.3) is 20.4 Å². The van der Waals surface area contributed by atoms with Crippen LogP contribution in [0, 0.1) is 6.92 Å². The maximum absolute atomic E-state index is 11.4. The number of nitrogens with zero attached hydrogens (tertiary/aromatic N) is 1. The number of carbonyl (C=O) groups is 1. The van der Waals surface area contributed by atoms with Gasteiger partial charge in [-0.1, -0.05) is 6.07 Å². The summed E-state index contributed by atoms with van der Waals surface area (Å²) in [5, 5.41) is 8.66. The Morgan fingerprint density at radius 3 is 2.58 bits per heavy atom. The molecule has 3 rings (SSSR count). The van der Waals surface area contributed by atoms with Crippen molar-refractivity contribution in [3.05, 3.63) is 47.5 Å². The molecule has 19 heavy (non-hydrogen) atoms. The molecule has 3 aromatic rings. The first-order valence-electron chi connectivity index (χ1n) is 5.76. The zero-order valence-electron chi connectivity index (χ0n) is 10.2. The molecule has 1 aromatic heterocycles. The summed E-state index contributed by atoms with van der Waals surface area (Å²) in [7, 11) is 0. The Bertz CT molecular complexity index is 802. The van der Waals surface area contributed by atoms with Gasteiger partial charge in [0.15, 0.2) is 0 Å². The molecule has 1 heterocycles. The van der Waals surface area contributed by atoms with Crippen molar-refractivity contribution in [2.24, 2.45) is 0 Å². The Morgan fingerprint density at radius 2 is 1.84 bits per heavy atom. The Morgan fingerprint density at radius 1 is 1.16 bits per heavy atom. The predicted molar refractivity (Wildman–Crippen MR) is 75.5 cm³/mol. The first kappa shape index (κ1) is 12.0. The van der Waals surface area contributed by atoms with Crippen LogP contribution in [0.15, 0.2) is 36.4 Å². The van der Waals surface area contributed by atoms with Crippen molar-refractivity contribution in [2.75, 3.05) is 0 Å². The third kappa shape index (κ3) is 2.14. The lowest BCUT2D eigenvalue weighted by atomic mass is 10.2. The lowest BCUT2D eigenvalue weighted by Crippen LogP contribution is -2.18. The molecular weight excluding hydrogens is 260 g/mol. The van der Waals surface area contributed by atoms with Crippen LogP contribution in [0.3, 0.4) is 0 Å². The van der Waals surface area contributed by atoms with E-state index in [1.54, 1.807) is 35.0 Å². The quantitative estimate of drug-likeness (QED) is 0.309. The van der Waals surface area contributed by atoms with Crippen LogP contribution in [0.4, 0.5) is 0 Å². The third-order valence-corrected chi connectivity index (χ3v) is 3.99. The van der Waals surface area contributed by atoms with Crippen LogP contribution in [-0.2, 0) is 0 Å². The second kappa shape index (κ2) is 4.53. The fraction of sp³-hybridized carbons (Fsp3) is 0.0714. The molecular formula is C14H11N2O2S+. The number of amides is 1. The summed E-state index contributed by atoms with van der Waals surface area (Å²) in [4.78, 5) is 16.0. The average molecular weight is 271 g/mol. The molecule has 5 heteroatoms. The standard InChI is InChI=1S/C14H10N2O2S/c1-8-2-4-10-12(6-8)19-13-7-9(14(17)16-18)3-5-11(13)15-10/h2-7H,1H3,(H-,16,17,18)/p+1. The van der Waals surface area contributed by atoms with E-state index < -0.39 is 5.91 Å². The van der Waals surface area contributed by atoms with Gasteiger partial charge in [-0.15, -0.1) is 0 Å². The maximum atomic E-state index is 11.4. The lowest BCUT2D eigenvalue weighted by molar-refractivity contribution is 0.0706. The summed E-state index contributed by atoms with van der Waals surface area (Å²) >= 11 is 1.58. The van der Waals surface area contributed by atoms with Gasteiger partial charge in [0, 0.05) is 17.7 Å². The van der Waals surface area contributed by atoms with Crippen molar-refractivity contribution in [1.82, 2.24) is 10.5 Å². The number of hydrogen-bond acceptors (Lipinski definition) is 3. The molecule has 0 aliphatic heterocycles. The molecule has 0 saturated carbocycles. The van der Waals surface area contributed by atoms with E-state index in [1.165, 1.54) is 5.56 Å². The molecule has 0 spiro atoms. The normalized spacial score (nSPS) is 10.8. The van der Waals surface area contributed by atoms with Crippen molar-refractivity contribution >= 4 is 37.7 Å². The molecule has 0 saturated heterocycles. The smallest absolute Gasteiger partial charge is 0.274 e. The summed E-state index contributed by atoms with van der Waals surface area (Å²) in [6.45, 7) is 2.03. The molecule has 0 atom stereocenters. The number of hydroxylamine groups is 1. The van der Waals surface area contributed by atoms with E-state index in [-0.39, 0.29) is 0 Å². The average Bonchev–Trinajstić information content (AvgIpc) is 2.43. The van der Waals surface area contributed by atoms with Crippen LogP contribution >= 0.6 is 11.3 Å². The monoisotopic (exact) mass is 271 g/mol. The Hall–Kier alpha value is -2.11. The summed E-state index contributed by atoms with van der Waals surface area (Å²) in [5.41, 5.74) is 5.02. The predicted octanol–water partition coefficient (Wildman–Crippen LogP) is 3.16. The topological polar surface area (TPSA) is 62.2 Å². The minimum atomic E-state index is -0.515. The zero-order chi connectivity index (χ0) is 13.4. The highest BCUT2D eigenvalue weighted by molar-refractivity contribution is 7.24. The van der Waals surface area contributed by atoms with Crippen molar-refractivity contribution < 1.29 is 10.0 Å². The van der Waals surface area contributed by atoms with E-state index in [2.05, 4.69) is 11.1 Å². The van der Waals surface area contributed by atoms with E-state index in [1.807, 2.05) is 19.1 Å². The van der Waals surface area contributed by atoms with Crippen LogP contribution in [-0.4, -0.2) is 16.1 Å². The van der Waals surface area contributed by atoms with E-state index in [0.717, 1.165) is 20.4 Å². The first-order chi connectivity index (χ1) is 9.17.